The van der Waals surface area contributed by atoms with Crippen molar-refractivity contribution in [3.63, 3.8) is 0 Å². The Kier molecular flexibility index (Phi) is 6.28. The topological polar surface area (TPSA) is 24.5 Å². The van der Waals surface area contributed by atoms with E-state index >= 15 is 0 Å². The molecule has 0 unspecified atom stereocenters. The van der Waals surface area contributed by atoms with Crippen molar-refractivity contribution in [2.75, 3.05) is 33.0 Å². The maximum absolute atomic E-state index is 5.75. The molecule has 0 amide bonds. The van der Waals surface area contributed by atoms with Crippen molar-refractivity contribution in [1.82, 2.24) is 10.2 Å². The third-order valence-electron chi connectivity index (χ3n) is 3.99. The lowest BCUT2D eigenvalue weighted by atomic mass is 9.75. The third kappa shape index (κ3) is 7.28. The van der Waals surface area contributed by atoms with Crippen LogP contribution in [0.3, 0.4) is 0 Å². The number of nitrogens with zero attached hydrogens (tertiary/aromatic N) is 1. The number of rotatable bonds is 5. The maximum atomic E-state index is 5.75. The Bertz CT molecular complexity index is 244. The molecule has 19 heavy (non-hydrogen) atoms. The minimum atomic E-state index is 0.189. The van der Waals surface area contributed by atoms with Crippen LogP contribution in [0.15, 0.2) is 0 Å². The average molecular weight is 270 g/mol. The second-order valence-electron chi connectivity index (χ2n) is 7.97. The van der Waals surface area contributed by atoms with Gasteiger partial charge in [-0.2, -0.15) is 0 Å². The Morgan fingerprint density at radius 2 is 1.63 bits per heavy atom. The van der Waals surface area contributed by atoms with E-state index in [9.17, 15) is 0 Å². The first-order valence-electron chi connectivity index (χ1n) is 7.73. The van der Waals surface area contributed by atoms with E-state index in [1.54, 1.807) is 0 Å². The van der Waals surface area contributed by atoms with E-state index in [2.05, 4.69) is 51.8 Å². The average Bonchev–Trinajstić information content (AvgIpc) is 2.26. The summed E-state index contributed by atoms with van der Waals surface area (Å²) in [7, 11) is 0. The Labute approximate surface area is 120 Å². The minimum Gasteiger partial charge on any atom is -0.365 e. The quantitative estimate of drug-likeness (QED) is 0.777. The minimum absolute atomic E-state index is 0.189. The zero-order valence-corrected chi connectivity index (χ0v) is 13.9. The smallest absolute Gasteiger partial charge is 0.0990 e. The van der Waals surface area contributed by atoms with Crippen LogP contribution < -0.4 is 5.32 Å². The molecule has 3 nitrogen and oxygen atoms in total. The molecule has 0 atom stereocenters. The Balaban J connectivity index is 2.07. The normalized spacial score (nSPS) is 19.9. The van der Waals surface area contributed by atoms with Crippen molar-refractivity contribution in [1.29, 1.82) is 0 Å². The predicted molar refractivity (Wildman–Crippen MR) is 82.3 cm³/mol. The molecule has 1 aliphatic heterocycles. The van der Waals surface area contributed by atoms with Crippen molar-refractivity contribution in [3.8, 4) is 0 Å². The molecule has 0 radical (unpaired) electrons. The molecule has 0 spiro atoms. The molecule has 1 saturated heterocycles. The number of hydrogen-bond donors (Lipinski definition) is 1. The Morgan fingerprint density at radius 3 is 2.11 bits per heavy atom. The van der Waals surface area contributed by atoms with E-state index in [1.165, 1.54) is 25.9 Å². The van der Waals surface area contributed by atoms with Crippen LogP contribution >= 0.6 is 0 Å². The Morgan fingerprint density at radius 1 is 1.05 bits per heavy atom. The molecule has 0 aromatic rings. The second-order valence-corrected chi connectivity index (χ2v) is 7.97. The molecule has 1 fully saturated rings. The van der Waals surface area contributed by atoms with Crippen LogP contribution in [0.25, 0.3) is 0 Å². The molecule has 0 aromatic carbocycles. The fourth-order valence-electron chi connectivity index (χ4n) is 2.62. The number of likely N-dealkylation sites (tertiary alicyclic amines) is 1. The van der Waals surface area contributed by atoms with Gasteiger partial charge in [-0.15, -0.1) is 0 Å². The van der Waals surface area contributed by atoms with E-state index < -0.39 is 0 Å². The van der Waals surface area contributed by atoms with E-state index in [0.717, 1.165) is 25.8 Å². The van der Waals surface area contributed by atoms with Crippen LogP contribution in [-0.4, -0.2) is 43.4 Å². The van der Waals surface area contributed by atoms with E-state index in [0.29, 0.717) is 5.41 Å². The lowest BCUT2D eigenvalue weighted by molar-refractivity contribution is -0.000751. The summed E-state index contributed by atoms with van der Waals surface area (Å²) in [6, 6.07) is 0. The summed E-state index contributed by atoms with van der Waals surface area (Å²) in [6.45, 7) is 18.6. The van der Waals surface area contributed by atoms with Gasteiger partial charge in [0.05, 0.1) is 13.3 Å². The van der Waals surface area contributed by atoms with Crippen molar-refractivity contribution < 1.29 is 4.74 Å². The molecule has 0 saturated carbocycles. The summed E-state index contributed by atoms with van der Waals surface area (Å²) in [5, 5.41) is 3.44. The highest BCUT2D eigenvalue weighted by Crippen LogP contribution is 2.34. The van der Waals surface area contributed by atoms with E-state index in [-0.39, 0.29) is 5.54 Å². The molecule has 0 bridgehead atoms. The van der Waals surface area contributed by atoms with Crippen molar-refractivity contribution >= 4 is 0 Å². The molecule has 3 heteroatoms. The molecule has 0 aliphatic carbocycles. The fraction of sp³-hybridized carbons (Fsp3) is 1.00. The third-order valence-corrected chi connectivity index (χ3v) is 3.99. The van der Waals surface area contributed by atoms with Crippen molar-refractivity contribution in [2.24, 2.45) is 11.3 Å². The van der Waals surface area contributed by atoms with Crippen LogP contribution in [0, 0.1) is 11.3 Å². The summed E-state index contributed by atoms with van der Waals surface area (Å²) in [5.41, 5.74) is 0.651. The van der Waals surface area contributed by atoms with Gasteiger partial charge < -0.3 is 10.1 Å². The van der Waals surface area contributed by atoms with Crippen LogP contribution in [0.1, 0.15) is 54.4 Å². The first-order valence-corrected chi connectivity index (χ1v) is 7.73. The molecular formula is C16H34N2O. The van der Waals surface area contributed by atoms with Gasteiger partial charge in [0.2, 0.25) is 0 Å². The zero-order valence-electron chi connectivity index (χ0n) is 13.9. The molecule has 1 aliphatic rings. The molecule has 1 rings (SSSR count). The fourth-order valence-corrected chi connectivity index (χ4v) is 2.62. The first kappa shape index (κ1) is 16.9. The van der Waals surface area contributed by atoms with E-state index in [1.807, 2.05) is 0 Å². The number of piperidine rings is 1. The van der Waals surface area contributed by atoms with Gasteiger partial charge in [-0.3, -0.25) is 4.90 Å². The zero-order chi connectivity index (χ0) is 14.5. The van der Waals surface area contributed by atoms with E-state index in [4.69, 9.17) is 4.74 Å². The van der Waals surface area contributed by atoms with Crippen LogP contribution in [-0.2, 0) is 4.74 Å². The highest BCUT2D eigenvalue weighted by Gasteiger charge is 2.28. The summed E-state index contributed by atoms with van der Waals surface area (Å²) in [5.74, 6) is 0.867. The highest BCUT2D eigenvalue weighted by molar-refractivity contribution is 4.79. The first-order chi connectivity index (χ1) is 8.68. The number of nitrogens with one attached hydrogen (secondary N) is 1. The standard InChI is InChI=1S/C16H34N2O/c1-15(2,3)14-7-10-18(11-8-14)13-19-12-9-17-16(4,5)6/h14,17H,7-13H2,1-6H3. The van der Waals surface area contributed by atoms with Crippen LogP contribution in [0.2, 0.25) is 0 Å². The van der Waals surface area contributed by atoms with Crippen molar-refractivity contribution in [3.05, 3.63) is 0 Å². The summed E-state index contributed by atoms with van der Waals surface area (Å²) < 4.78 is 5.75. The SMILES string of the molecule is CC(C)(C)NCCOCN1CCC(C(C)(C)C)CC1. The lowest BCUT2D eigenvalue weighted by Gasteiger charge is -2.38. The molecule has 114 valence electrons. The Hall–Kier alpha value is -0.120. The number of hydrogen-bond acceptors (Lipinski definition) is 3. The van der Waals surface area contributed by atoms with Gasteiger partial charge >= 0.3 is 0 Å². The number of ether oxygens (including phenoxy) is 1. The van der Waals surface area contributed by atoms with Gasteiger partial charge in [-0.05, 0) is 44.9 Å². The van der Waals surface area contributed by atoms with Gasteiger partial charge in [-0.1, -0.05) is 20.8 Å². The second kappa shape index (κ2) is 7.05. The van der Waals surface area contributed by atoms with Gasteiger partial charge in [0.1, 0.15) is 0 Å². The van der Waals surface area contributed by atoms with Crippen LogP contribution in [0.5, 0.6) is 0 Å². The largest absolute Gasteiger partial charge is 0.365 e. The summed E-state index contributed by atoms with van der Waals surface area (Å²) in [6.07, 6.45) is 2.63. The van der Waals surface area contributed by atoms with Gasteiger partial charge in [0.25, 0.3) is 0 Å². The van der Waals surface area contributed by atoms with Gasteiger partial charge in [0, 0.05) is 25.2 Å². The lowest BCUT2D eigenvalue weighted by Crippen LogP contribution is -2.41. The predicted octanol–water partition coefficient (Wildman–Crippen LogP) is 3.11. The van der Waals surface area contributed by atoms with Crippen molar-refractivity contribution in [2.45, 2.75) is 59.9 Å². The maximum Gasteiger partial charge on any atom is 0.0990 e. The van der Waals surface area contributed by atoms with Gasteiger partial charge in [0.15, 0.2) is 0 Å². The summed E-state index contributed by atoms with van der Waals surface area (Å²) >= 11 is 0. The summed E-state index contributed by atoms with van der Waals surface area (Å²) in [4.78, 5) is 2.44. The molecule has 1 heterocycles. The van der Waals surface area contributed by atoms with Crippen LogP contribution in [0.4, 0.5) is 0 Å². The molecular weight excluding hydrogens is 236 g/mol. The molecule has 0 aromatic heterocycles. The van der Waals surface area contributed by atoms with Gasteiger partial charge in [-0.25, -0.2) is 0 Å². The molecule has 1 N–H and O–H groups in total. The monoisotopic (exact) mass is 270 g/mol. The highest BCUT2D eigenvalue weighted by atomic mass is 16.5.